The van der Waals surface area contributed by atoms with Gasteiger partial charge in [0.1, 0.15) is 12.4 Å². The Balaban J connectivity index is 2.43. The molecule has 0 saturated heterocycles. The first kappa shape index (κ1) is 17.2. The number of benzene rings is 1. The Morgan fingerprint density at radius 1 is 1.23 bits per heavy atom. The lowest BCUT2D eigenvalue weighted by Crippen LogP contribution is -2.32. The molecule has 22 heavy (non-hydrogen) atoms. The molecule has 1 aromatic rings. The second-order valence-electron chi connectivity index (χ2n) is 4.21. The van der Waals surface area contributed by atoms with Crippen molar-refractivity contribution < 1.29 is 23.9 Å². The van der Waals surface area contributed by atoms with Crippen LogP contribution >= 0.6 is 0 Å². The summed E-state index contributed by atoms with van der Waals surface area (Å²) < 4.78 is 10.0. The molecule has 0 spiro atoms. The number of rotatable bonds is 7. The third-order valence-corrected chi connectivity index (χ3v) is 2.32. The van der Waals surface area contributed by atoms with Crippen molar-refractivity contribution in [2.75, 3.05) is 13.2 Å². The molecule has 0 unspecified atom stereocenters. The molecule has 0 saturated carbocycles. The van der Waals surface area contributed by atoms with Crippen molar-refractivity contribution in [3.8, 4) is 5.75 Å². The standard InChI is InChI=1S/C16H17NO5/c1-3-10-21-14-7-4-13(5-8-14)6-9-16(20)22-11-15(19)17-12(2)18/h3-9H,1,10-11H2,2H3,(H,17,18,19). The number of ether oxygens (including phenoxy) is 2. The predicted molar refractivity (Wildman–Crippen MR) is 81.0 cm³/mol. The van der Waals surface area contributed by atoms with Gasteiger partial charge in [-0.1, -0.05) is 24.8 Å². The Hall–Kier alpha value is -2.89. The minimum atomic E-state index is -0.675. The summed E-state index contributed by atoms with van der Waals surface area (Å²) in [4.78, 5) is 33.1. The van der Waals surface area contributed by atoms with E-state index in [4.69, 9.17) is 4.74 Å². The maximum absolute atomic E-state index is 11.4. The first-order chi connectivity index (χ1) is 10.5. The van der Waals surface area contributed by atoms with E-state index >= 15 is 0 Å². The molecule has 1 aromatic carbocycles. The summed E-state index contributed by atoms with van der Waals surface area (Å²) in [6, 6.07) is 7.05. The monoisotopic (exact) mass is 303 g/mol. The molecular formula is C16H17NO5. The van der Waals surface area contributed by atoms with Crippen LogP contribution in [0, 0.1) is 0 Å². The van der Waals surface area contributed by atoms with E-state index in [-0.39, 0.29) is 0 Å². The summed E-state index contributed by atoms with van der Waals surface area (Å²) in [7, 11) is 0. The minimum absolute atomic E-state index is 0.420. The van der Waals surface area contributed by atoms with Crippen molar-refractivity contribution >= 4 is 23.9 Å². The molecule has 0 atom stereocenters. The van der Waals surface area contributed by atoms with E-state index in [0.29, 0.717) is 12.4 Å². The number of carbonyl (C=O) groups excluding carboxylic acids is 3. The van der Waals surface area contributed by atoms with E-state index in [1.807, 2.05) is 5.32 Å². The van der Waals surface area contributed by atoms with Gasteiger partial charge in [0.15, 0.2) is 6.61 Å². The average molecular weight is 303 g/mol. The Kier molecular flexibility index (Phi) is 7.12. The fourth-order valence-electron chi connectivity index (χ4n) is 1.41. The quantitative estimate of drug-likeness (QED) is 0.468. The van der Waals surface area contributed by atoms with Crippen LogP contribution in [0.25, 0.3) is 6.08 Å². The highest BCUT2D eigenvalue weighted by molar-refractivity contribution is 5.96. The van der Waals surface area contributed by atoms with E-state index in [0.717, 1.165) is 5.56 Å². The minimum Gasteiger partial charge on any atom is -0.490 e. The Morgan fingerprint density at radius 2 is 1.91 bits per heavy atom. The molecular weight excluding hydrogens is 286 g/mol. The molecule has 6 nitrogen and oxygen atoms in total. The highest BCUT2D eigenvalue weighted by Crippen LogP contribution is 2.13. The van der Waals surface area contributed by atoms with Gasteiger partial charge in [-0.15, -0.1) is 0 Å². The van der Waals surface area contributed by atoms with E-state index < -0.39 is 24.4 Å². The highest BCUT2D eigenvalue weighted by Gasteiger charge is 2.06. The fraction of sp³-hybridized carbons (Fsp3) is 0.188. The van der Waals surface area contributed by atoms with Crippen LogP contribution in [0.1, 0.15) is 12.5 Å². The molecule has 0 radical (unpaired) electrons. The number of nitrogens with one attached hydrogen (secondary N) is 1. The lowest BCUT2D eigenvalue weighted by Gasteiger charge is -2.03. The Labute approximate surface area is 128 Å². The van der Waals surface area contributed by atoms with E-state index in [1.165, 1.54) is 13.0 Å². The maximum Gasteiger partial charge on any atom is 0.331 e. The number of imide groups is 1. The molecule has 6 heteroatoms. The SMILES string of the molecule is C=CCOc1ccc(C=CC(=O)OCC(=O)NC(C)=O)cc1. The van der Waals surface area contributed by atoms with Gasteiger partial charge in [-0.3, -0.25) is 14.9 Å². The van der Waals surface area contributed by atoms with Crippen molar-refractivity contribution in [2.45, 2.75) is 6.92 Å². The zero-order chi connectivity index (χ0) is 16.4. The summed E-state index contributed by atoms with van der Waals surface area (Å²) in [6.45, 7) is 4.67. The molecule has 1 N–H and O–H groups in total. The highest BCUT2D eigenvalue weighted by atomic mass is 16.5. The molecule has 0 heterocycles. The number of amides is 2. The third-order valence-electron chi connectivity index (χ3n) is 2.32. The molecule has 1 rings (SSSR count). The molecule has 0 aliphatic carbocycles. The lowest BCUT2D eigenvalue weighted by molar-refractivity contribution is -0.145. The number of hydrogen-bond acceptors (Lipinski definition) is 5. The van der Waals surface area contributed by atoms with Crippen molar-refractivity contribution in [1.82, 2.24) is 5.32 Å². The first-order valence-corrected chi connectivity index (χ1v) is 6.50. The van der Waals surface area contributed by atoms with Gasteiger partial charge in [0.05, 0.1) is 0 Å². The van der Waals surface area contributed by atoms with Gasteiger partial charge in [0, 0.05) is 13.0 Å². The van der Waals surface area contributed by atoms with Gasteiger partial charge >= 0.3 is 5.97 Å². The van der Waals surface area contributed by atoms with E-state index in [2.05, 4.69) is 11.3 Å². The van der Waals surface area contributed by atoms with Crippen molar-refractivity contribution in [3.63, 3.8) is 0 Å². The fourth-order valence-corrected chi connectivity index (χ4v) is 1.41. The number of hydrogen-bond donors (Lipinski definition) is 1. The molecule has 0 aliphatic rings. The predicted octanol–water partition coefficient (Wildman–Crippen LogP) is 1.47. The molecule has 0 bridgehead atoms. The van der Waals surface area contributed by atoms with Crippen molar-refractivity contribution in [3.05, 3.63) is 48.6 Å². The van der Waals surface area contributed by atoms with Crippen LogP contribution in [0.2, 0.25) is 0 Å². The second kappa shape index (κ2) is 9.12. The number of esters is 1. The van der Waals surface area contributed by atoms with Gasteiger partial charge in [0.2, 0.25) is 5.91 Å². The van der Waals surface area contributed by atoms with Crippen molar-refractivity contribution in [1.29, 1.82) is 0 Å². The van der Waals surface area contributed by atoms with Crippen LogP contribution in [0.5, 0.6) is 5.75 Å². The molecule has 0 aromatic heterocycles. The molecule has 0 aliphatic heterocycles. The van der Waals surface area contributed by atoms with Gasteiger partial charge in [-0.2, -0.15) is 0 Å². The number of carbonyl (C=O) groups is 3. The smallest absolute Gasteiger partial charge is 0.331 e. The summed E-state index contributed by atoms with van der Waals surface area (Å²) in [5.74, 6) is -1.15. The second-order valence-corrected chi connectivity index (χ2v) is 4.21. The lowest BCUT2D eigenvalue weighted by atomic mass is 10.2. The van der Waals surface area contributed by atoms with Crippen molar-refractivity contribution in [2.24, 2.45) is 0 Å². The Morgan fingerprint density at radius 3 is 2.50 bits per heavy atom. The van der Waals surface area contributed by atoms with Gasteiger partial charge in [-0.05, 0) is 23.8 Å². The van der Waals surface area contributed by atoms with Crippen LogP contribution in [-0.4, -0.2) is 31.0 Å². The molecule has 116 valence electrons. The largest absolute Gasteiger partial charge is 0.490 e. The average Bonchev–Trinajstić information content (AvgIpc) is 2.49. The van der Waals surface area contributed by atoms with Crippen LogP contribution < -0.4 is 10.1 Å². The third kappa shape index (κ3) is 7.04. The van der Waals surface area contributed by atoms with Crippen LogP contribution in [0.4, 0.5) is 0 Å². The molecule has 0 fully saturated rings. The maximum atomic E-state index is 11.4. The van der Waals surface area contributed by atoms with Gasteiger partial charge in [-0.25, -0.2) is 4.79 Å². The zero-order valence-electron chi connectivity index (χ0n) is 12.2. The van der Waals surface area contributed by atoms with E-state index in [9.17, 15) is 14.4 Å². The topological polar surface area (TPSA) is 81.7 Å². The summed E-state index contributed by atoms with van der Waals surface area (Å²) in [6.07, 6.45) is 4.38. The zero-order valence-corrected chi connectivity index (χ0v) is 12.2. The summed E-state index contributed by atoms with van der Waals surface area (Å²) in [5, 5.41) is 1.99. The van der Waals surface area contributed by atoms with E-state index in [1.54, 1.807) is 36.4 Å². The van der Waals surface area contributed by atoms with Crippen LogP contribution in [0.3, 0.4) is 0 Å². The van der Waals surface area contributed by atoms with Gasteiger partial charge < -0.3 is 9.47 Å². The van der Waals surface area contributed by atoms with Crippen LogP contribution in [-0.2, 0) is 19.1 Å². The first-order valence-electron chi connectivity index (χ1n) is 6.50. The molecule has 2 amide bonds. The Bertz CT molecular complexity index is 575. The van der Waals surface area contributed by atoms with Crippen LogP contribution in [0.15, 0.2) is 43.0 Å². The summed E-state index contributed by atoms with van der Waals surface area (Å²) in [5.41, 5.74) is 0.774. The normalized spacial score (nSPS) is 10.0. The summed E-state index contributed by atoms with van der Waals surface area (Å²) >= 11 is 0. The van der Waals surface area contributed by atoms with Gasteiger partial charge in [0.25, 0.3) is 5.91 Å².